The summed E-state index contributed by atoms with van der Waals surface area (Å²) in [5.41, 5.74) is 4.09. The molecule has 28 heavy (non-hydrogen) atoms. The van der Waals surface area contributed by atoms with Gasteiger partial charge in [0.2, 0.25) is 0 Å². The highest BCUT2D eigenvalue weighted by Gasteiger charge is 2.28. The van der Waals surface area contributed by atoms with E-state index in [9.17, 15) is 9.18 Å². The molecule has 6 nitrogen and oxygen atoms in total. The number of fused-ring (bicyclic) bond motifs is 1. The van der Waals surface area contributed by atoms with E-state index >= 15 is 0 Å². The number of hydrogen-bond acceptors (Lipinski definition) is 5. The van der Waals surface area contributed by atoms with E-state index in [0.717, 1.165) is 17.0 Å². The Hall–Kier alpha value is -3.22. The average molecular weight is 381 g/mol. The summed E-state index contributed by atoms with van der Waals surface area (Å²) in [6.45, 7) is 5.70. The first kappa shape index (κ1) is 18.2. The molecule has 1 unspecified atom stereocenters. The maximum absolute atomic E-state index is 14.6. The highest BCUT2D eigenvalue weighted by atomic mass is 19.1. The largest absolute Gasteiger partial charge is 0.485 e. The Kier molecular flexibility index (Phi) is 4.58. The summed E-state index contributed by atoms with van der Waals surface area (Å²) in [7, 11) is 0. The number of nitrogens with zero attached hydrogens (tertiary/aromatic N) is 2. The van der Waals surface area contributed by atoms with Crippen LogP contribution in [0.1, 0.15) is 33.1 Å². The summed E-state index contributed by atoms with van der Waals surface area (Å²) in [5, 5.41) is 2.82. The molecule has 7 heteroatoms. The van der Waals surface area contributed by atoms with Crippen LogP contribution in [0.4, 0.5) is 4.39 Å². The van der Waals surface area contributed by atoms with Gasteiger partial charge in [0.25, 0.3) is 5.91 Å². The molecule has 3 aromatic rings. The van der Waals surface area contributed by atoms with Crippen molar-refractivity contribution in [2.75, 3.05) is 6.54 Å². The fourth-order valence-corrected chi connectivity index (χ4v) is 3.37. The lowest BCUT2D eigenvalue weighted by Crippen LogP contribution is -2.34. The Bertz CT molecular complexity index is 1060. The number of amides is 1. The fraction of sp³-hybridized carbons (Fsp3) is 0.286. The van der Waals surface area contributed by atoms with Crippen LogP contribution in [0.2, 0.25) is 0 Å². The molecular formula is C21H20FN3O3. The number of furan rings is 1. The second-order valence-corrected chi connectivity index (χ2v) is 6.94. The number of carbonyl (C=O) groups excluding carboxylic acids is 1. The third-order valence-corrected chi connectivity index (χ3v) is 4.80. The first-order valence-electron chi connectivity index (χ1n) is 9.04. The molecule has 2 aromatic heterocycles. The van der Waals surface area contributed by atoms with E-state index in [1.54, 1.807) is 19.2 Å². The number of ether oxygens (including phenoxy) is 1. The number of benzene rings is 1. The van der Waals surface area contributed by atoms with E-state index in [1.807, 2.05) is 19.9 Å². The number of rotatable bonds is 4. The Morgan fingerprint density at radius 1 is 1.32 bits per heavy atom. The lowest BCUT2D eigenvalue weighted by atomic mass is 10.0. The van der Waals surface area contributed by atoms with Gasteiger partial charge in [-0.3, -0.25) is 9.78 Å². The van der Waals surface area contributed by atoms with Crippen LogP contribution in [0.5, 0.6) is 5.75 Å². The molecule has 1 amide bonds. The smallest absolute Gasteiger partial charge is 0.254 e. The molecule has 3 heterocycles. The van der Waals surface area contributed by atoms with Crippen molar-refractivity contribution in [3.05, 3.63) is 64.8 Å². The van der Waals surface area contributed by atoms with Gasteiger partial charge in [0.05, 0.1) is 35.5 Å². The summed E-state index contributed by atoms with van der Waals surface area (Å²) < 4.78 is 25.5. The zero-order valence-electron chi connectivity index (χ0n) is 15.9. The molecule has 1 atom stereocenters. The van der Waals surface area contributed by atoms with Gasteiger partial charge in [0, 0.05) is 23.7 Å². The molecule has 0 aliphatic carbocycles. The van der Waals surface area contributed by atoms with Gasteiger partial charge >= 0.3 is 0 Å². The van der Waals surface area contributed by atoms with Crippen molar-refractivity contribution in [1.82, 2.24) is 15.3 Å². The second-order valence-electron chi connectivity index (χ2n) is 6.94. The molecule has 0 fully saturated rings. The van der Waals surface area contributed by atoms with Crippen LogP contribution in [0.15, 0.2) is 35.1 Å². The van der Waals surface area contributed by atoms with E-state index in [-0.39, 0.29) is 24.3 Å². The quantitative estimate of drug-likeness (QED) is 0.748. The van der Waals surface area contributed by atoms with Crippen LogP contribution < -0.4 is 10.1 Å². The highest BCUT2D eigenvalue weighted by Crippen LogP contribution is 2.35. The number of aromatic nitrogens is 2. The zero-order valence-corrected chi connectivity index (χ0v) is 15.9. The minimum atomic E-state index is -0.435. The molecule has 1 N–H and O–H groups in total. The van der Waals surface area contributed by atoms with E-state index in [4.69, 9.17) is 9.15 Å². The molecule has 0 spiro atoms. The Morgan fingerprint density at radius 3 is 2.89 bits per heavy atom. The van der Waals surface area contributed by atoms with E-state index in [2.05, 4.69) is 15.3 Å². The van der Waals surface area contributed by atoms with Crippen LogP contribution in [-0.2, 0) is 6.42 Å². The third kappa shape index (κ3) is 3.35. The van der Waals surface area contributed by atoms with Gasteiger partial charge in [-0.15, -0.1) is 0 Å². The summed E-state index contributed by atoms with van der Waals surface area (Å²) in [5.74, 6) is 0.117. The SMILES string of the molecule is Cc1cnc(C)c(-c2cc(F)c3c(c2)CC(CNC(=O)c2ccoc2C)O3)n1. The molecule has 0 saturated heterocycles. The molecule has 0 bridgehead atoms. The van der Waals surface area contributed by atoms with E-state index < -0.39 is 5.82 Å². The lowest BCUT2D eigenvalue weighted by Gasteiger charge is -2.12. The van der Waals surface area contributed by atoms with Crippen molar-refractivity contribution in [3.8, 4) is 17.0 Å². The maximum Gasteiger partial charge on any atom is 0.254 e. The summed E-state index contributed by atoms with van der Waals surface area (Å²) in [4.78, 5) is 21.0. The van der Waals surface area contributed by atoms with Gasteiger partial charge in [-0.05, 0) is 39.0 Å². The minimum absolute atomic E-state index is 0.237. The third-order valence-electron chi connectivity index (χ3n) is 4.80. The van der Waals surface area contributed by atoms with E-state index in [1.165, 1.54) is 12.3 Å². The summed E-state index contributed by atoms with van der Waals surface area (Å²) >= 11 is 0. The Morgan fingerprint density at radius 2 is 2.14 bits per heavy atom. The normalized spacial score (nSPS) is 15.2. The Labute approximate surface area is 161 Å². The van der Waals surface area contributed by atoms with Crippen molar-refractivity contribution in [3.63, 3.8) is 0 Å². The van der Waals surface area contributed by atoms with Gasteiger partial charge in [-0.2, -0.15) is 0 Å². The first-order chi connectivity index (χ1) is 13.4. The van der Waals surface area contributed by atoms with Gasteiger partial charge in [0.1, 0.15) is 11.9 Å². The van der Waals surface area contributed by atoms with Crippen LogP contribution in [0, 0.1) is 26.6 Å². The molecule has 4 rings (SSSR count). The van der Waals surface area contributed by atoms with Gasteiger partial charge in [-0.1, -0.05) is 0 Å². The number of hydrogen-bond donors (Lipinski definition) is 1. The van der Waals surface area contributed by atoms with Crippen molar-refractivity contribution < 1.29 is 18.3 Å². The Balaban J connectivity index is 1.50. The van der Waals surface area contributed by atoms with Crippen molar-refractivity contribution >= 4 is 5.91 Å². The molecule has 1 aliphatic rings. The van der Waals surface area contributed by atoms with Crippen LogP contribution >= 0.6 is 0 Å². The summed E-state index contributed by atoms with van der Waals surface area (Å²) in [6, 6.07) is 4.92. The molecular weight excluding hydrogens is 361 g/mol. The van der Waals surface area contributed by atoms with E-state index in [0.29, 0.717) is 29.0 Å². The monoisotopic (exact) mass is 381 g/mol. The number of aryl methyl sites for hydroxylation is 3. The molecule has 0 radical (unpaired) electrons. The summed E-state index contributed by atoms with van der Waals surface area (Å²) in [6.07, 6.45) is 3.33. The molecule has 0 saturated carbocycles. The standard InChI is InChI=1S/C21H20FN3O3/c1-11-9-23-12(2)19(25-11)14-6-15-7-16(28-20(15)18(22)8-14)10-24-21(26)17-4-5-27-13(17)3/h4-6,8-9,16H,7,10H2,1-3H3,(H,24,26). The number of halogens is 1. The van der Waals surface area contributed by atoms with Crippen molar-refractivity contribution in [2.24, 2.45) is 0 Å². The van der Waals surface area contributed by atoms with Crippen LogP contribution in [0.3, 0.4) is 0 Å². The predicted molar refractivity (Wildman–Crippen MR) is 101 cm³/mol. The minimum Gasteiger partial charge on any atom is -0.485 e. The number of carbonyl (C=O) groups is 1. The zero-order chi connectivity index (χ0) is 19.8. The lowest BCUT2D eigenvalue weighted by molar-refractivity contribution is 0.0931. The van der Waals surface area contributed by atoms with Gasteiger partial charge in [-0.25, -0.2) is 9.37 Å². The van der Waals surface area contributed by atoms with Crippen LogP contribution in [-0.4, -0.2) is 28.5 Å². The topological polar surface area (TPSA) is 77.2 Å². The maximum atomic E-state index is 14.6. The highest BCUT2D eigenvalue weighted by molar-refractivity contribution is 5.95. The fourth-order valence-electron chi connectivity index (χ4n) is 3.37. The van der Waals surface area contributed by atoms with Gasteiger partial charge < -0.3 is 14.5 Å². The molecule has 144 valence electrons. The van der Waals surface area contributed by atoms with Gasteiger partial charge in [0.15, 0.2) is 11.6 Å². The van der Waals surface area contributed by atoms with Crippen molar-refractivity contribution in [2.45, 2.75) is 33.3 Å². The number of nitrogens with one attached hydrogen (secondary N) is 1. The molecule has 1 aliphatic heterocycles. The van der Waals surface area contributed by atoms with Crippen LogP contribution in [0.25, 0.3) is 11.3 Å². The second kappa shape index (κ2) is 7.07. The molecule has 1 aromatic carbocycles. The predicted octanol–water partition coefficient (Wildman–Crippen LogP) is 3.53. The van der Waals surface area contributed by atoms with Crippen molar-refractivity contribution in [1.29, 1.82) is 0 Å². The average Bonchev–Trinajstić information content (AvgIpc) is 3.28. The first-order valence-corrected chi connectivity index (χ1v) is 9.04.